The zero-order valence-electron chi connectivity index (χ0n) is 17.1. The smallest absolute Gasteiger partial charge is 0.257 e. The molecule has 7 nitrogen and oxygen atoms in total. The highest BCUT2D eigenvalue weighted by atomic mass is 35.5. The van der Waals surface area contributed by atoms with Crippen molar-refractivity contribution in [1.82, 2.24) is 4.90 Å². The molecule has 0 aliphatic carbocycles. The molecule has 0 fully saturated rings. The first-order valence-electron chi connectivity index (χ1n) is 9.73. The fourth-order valence-electron chi connectivity index (χ4n) is 3.64. The molecule has 3 N–H and O–H groups in total. The van der Waals surface area contributed by atoms with Crippen molar-refractivity contribution in [2.45, 2.75) is 24.8 Å². The van der Waals surface area contributed by atoms with Gasteiger partial charge in [-0.3, -0.25) is 9.59 Å². The molecule has 0 spiro atoms. The molecular weight excluding hydrogens is 470 g/mol. The molecule has 166 valence electrons. The van der Waals surface area contributed by atoms with Crippen molar-refractivity contribution >= 4 is 50.5 Å². The number of halogens is 1. The molecule has 0 saturated carbocycles. The number of primary sulfonamides is 1. The SMILES string of the molecule is Cc1c(NC(=O)c2cc(S(N)(=O)=O)ccc2Cl)cccc1C(=O)N1CCc2sccc2C1. The fourth-order valence-corrected chi connectivity index (χ4v) is 5.27. The Morgan fingerprint density at radius 3 is 2.69 bits per heavy atom. The number of thiophene rings is 1. The third kappa shape index (κ3) is 4.42. The molecule has 0 saturated heterocycles. The molecule has 1 aliphatic rings. The van der Waals surface area contributed by atoms with Gasteiger partial charge in [0.15, 0.2) is 0 Å². The summed E-state index contributed by atoms with van der Waals surface area (Å²) >= 11 is 7.81. The van der Waals surface area contributed by atoms with Crippen LogP contribution in [0.15, 0.2) is 52.7 Å². The average molecular weight is 490 g/mol. The lowest BCUT2D eigenvalue weighted by Crippen LogP contribution is -2.35. The summed E-state index contributed by atoms with van der Waals surface area (Å²) in [4.78, 5) is 28.9. The van der Waals surface area contributed by atoms with E-state index in [4.69, 9.17) is 16.7 Å². The van der Waals surface area contributed by atoms with Crippen LogP contribution in [0.5, 0.6) is 0 Å². The van der Waals surface area contributed by atoms with Crippen molar-refractivity contribution in [2.75, 3.05) is 11.9 Å². The molecule has 4 rings (SSSR count). The Kier molecular flexibility index (Phi) is 6.09. The van der Waals surface area contributed by atoms with E-state index in [-0.39, 0.29) is 21.4 Å². The van der Waals surface area contributed by atoms with Crippen LogP contribution in [0.4, 0.5) is 5.69 Å². The van der Waals surface area contributed by atoms with Crippen LogP contribution in [0.2, 0.25) is 5.02 Å². The van der Waals surface area contributed by atoms with Crippen LogP contribution in [0.3, 0.4) is 0 Å². The van der Waals surface area contributed by atoms with Gasteiger partial charge in [-0.1, -0.05) is 17.7 Å². The molecule has 2 amide bonds. The van der Waals surface area contributed by atoms with E-state index in [1.165, 1.54) is 22.6 Å². The van der Waals surface area contributed by atoms with E-state index in [0.29, 0.717) is 29.9 Å². The molecule has 0 atom stereocenters. The van der Waals surface area contributed by atoms with Crippen molar-refractivity contribution in [3.63, 3.8) is 0 Å². The quantitative estimate of drug-likeness (QED) is 0.580. The summed E-state index contributed by atoms with van der Waals surface area (Å²) in [7, 11) is -3.99. The van der Waals surface area contributed by atoms with Crippen molar-refractivity contribution in [2.24, 2.45) is 5.14 Å². The van der Waals surface area contributed by atoms with E-state index in [9.17, 15) is 18.0 Å². The molecule has 32 heavy (non-hydrogen) atoms. The number of benzene rings is 2. The van der Waals surface area contributed by atoms with Gasteiger partial charge in [0, 0.05) is 29.2 Å². The number of hydrogen-bond acceptors (Lipinski definition) is 5. The Hall–Kier alpha value is -2.72. The normalized spacial score (nSPS) is 13.5. The lowest BCUT2D eigenvalue weighted by Gasteiger charge is -2.28. The van der Waals surface area contributed by atoms with Gasteiger partial charge in [-0.25, -0.2) is 13.6 Å². The molecular formula is C22H20ClN3O4S2. The van der Waals surface area contributed by atoms with Crippen molar-refractivity contribution < 1.29 is 18.0 Å². The van der Waals surface area contributed by atoms with Gasteiger partial charge in [0.25, 0.3) is 11.8 Å². The highest BCUT2D eigenvalue weighted by Gasteiger charge is 2.25. The Morgan fingerprint density at radius 2 is 1.94 bits per heavy atom. The van der Waals surface area contributed by atoms with Crippen LogP contribution in [-0.4, -0.2) is 31.7 Å². The molecule has 2 heterocycles. The van der Waals surface area contributed by atoms with E-state index in [1.54, 1.807) is 41.4 Å². The van der Waals surface area contributed by atoms with E-state index in [0.717, 1.165) is 12.5 Å². The number of carbonyl (C=O) groups excluding carboxylic acids is 2. The van der Waals surface area contributed by atoms with Gasteiger partial charge < -0.3 is 10.2 Å². The van der Waals surface area contributed by atoms with Gasteiger partial charge in [-0.05, 0) is 66.2 Å². The van der Waals surface area contributed by atoms with Gasteiger partial charge in [-0.15, -0.1) is 11.3 Å². The second-order valence-electron chi connectivity index (χ2n) is 7.46. The minimum atomic E-state index is -3.99. The van der Waals surface area contributed by atoms with Crippen LogP contribution in [-0.2, 0) is 23.0 Å². The van der Waals surface area contributed by atoms with E-state index in [1.807, 2.05) is 11.4 Å². The van der Waals surface area contributed by atoms with Crippen molar-refractivity contribution in [1.29, 1.82) is 0 Å². The summed E-state index contributed by atoms with van der Waals surface area (Å²) in [5, 5.41) is 10.0. The molecule has 0 radical (unpaired) electrons. The fraction of sp³-hybridized carbons (Fsp3) is 0.182. The maximum absolute atomic E-state index is 13.2. The summed E-state index contributed by atoms with van der Waals surface area (Å²) in [6.07, 6.45) is 0.826. The first-order chi connectivity index (χ1) is 15.1. The van der Waals surface area contributed by atoms with Crippen LogP contribution in [0.25, 0.3) is 0 Å². The van der Waals surface area contributed by atoms with Gasteiger partial charge >= 0.3 is 0 Å². The summed E-state index contributed by atoms with van der Waals surface area (Å²) in [5.41, 5.74) is 2.68. The largest absolute Gasteiger partial charge is 0.334 e. The minimum absolute atomic E-state index is 0.0321. The number of nitrogens with two attached hydrogens (primary N) is 1. The second kappa shape index (κ2) is 8.67. The molecule has 1 aliphatic heterocycles. The second-order valence-corrected chi connectivity index (χ2v) is 10.4. The number of anilines is 1. The van der Waals surface area contributed by atoms with E-state index < -0.39 is 15.9 Å². The van der Waals surface area contributed by atoms with Gasteiger partial charge in [0.2, 0.25) is 10.0 Å². The highest BCUT2D eigenvalue weighted by Crippen LogP contribution is 2.28. The van der Waals surface area contributed by atoms with Gasteiger partial charge in [0.1, 0.15) is 0 Å². The third-order valence-corrected chi connectivity index (χ3v) is 7.68. The predicted octanol–water partition coefficient (Wildman–Crippen LogP) is 3.81. The molecule has 0 unspecified atom stereocenters. The maximum atomic E-state index is 13.2. The van der Waals surface area contributed by atoms with Crippen LogP contribution in [0, 0.1) is 6.92 Å². The monoisotopic (exact) mass is 489 g/mol. The van der Waals surface area contributed by atoms with E-state index in [2.05, 4.69) is 5.32 Å². The zero-order valence-corrected chi connectivity index (χ0v) is 19.5. The summed E-state index contributed by atoms with van der Waals surface area (Å²) in [6.45, 7) is 2.95. The average Bonchev–Trinajstić information content (AvgIpc) is 3.22. The maximum Gasteiger partial charge on any atom is 0.257 e. The summed E-state index contributed by atoms with van der Waals surface area (Å²) in [6, 6.07) is 10.8. The first kappa shape index (κ1) is 22.5. The topological polar surface area (TPSA) is 110 Å². The standard InChI is InChI=1S/C22H20ClN3O4S2/c1-13-16(22(28)26-9-7-20-14(12-26)8-10-31-20)3-2-4-19(13)25-21(27)17-11-15(32(24,29)30)5-6-18(17)23/h2-6,8,10-11H,7,9,12H2,1H3,(H,25,27)(H2,24,29,30). The molecule has 2 aromatic carbocycles. The number of fused-ring (bicyclic) bond motifs is 1. The van der Waals surface area contributed by atoms with Gasteiger partial charge in [0.05, 0.1) is 15.5 Å². The summed E-state index contributed by atoms with van der Waals surface area (Å²) in [5.74, 6) is -0.709. The lowest BCUT2D eigenvalue weighted by molar-refractivity contribution is 0.0735. The zero-order chi connectivity index (χ0) is 23.0. The van der Waals surface area contributed by atoms with Gasteiger partial charge in [-0.2, -0.15) is 0 Å². The molecule has 10 heteroatoms. The number of rotatable bonds is 4. The van der Waals surface area contributed by atoms with Crippen LogP contribution in [0.1, 0.15) is 36.7 Å². The van der Waals surface area contributed by atoms with Crippen molar-refractivity contribution in [3.8, 4) is 0 Å². The number of hydrogen-bond donors (Lipinski definition) is 2. The number of nitrogens with zero attached hydrogens (tertiary/aromatic N) is 1. The Morgan fingerprint density at radius 1 is 1.16 bits per heavy atom. The summed E-state index contributed by atoms with van der Waals surface area (Å²) < 4.78 is 23.2. The number of nitrogens with one attached hydrogen (secondary N) is 1. The molecule has 1 aromatic heterocycles. The Labute approximate surface area is 194 Å². The number of carbonyl (C=O) groups is 2. The molecule has 0 bridgehead atoms. The minimum Gasteiger partial charge on any atom is -0.334 e. The Bertz CT molecular complexity index is 1330. The van der Waals surface area contributed by atoms with Crippen molar-refractivity contribution in [3.05, 3.63) is 80.0 Å². The predicted molar refractivity (Wildman–Crippen MR) is 125 cm³/mol. The third-order valence-electron chi connectivity index (χ3n) is 5.42. The Balaban J connectivity index is 1.58. The van der Waals surface area contributed by atoms with E-state index >= 15 is 0 Å². The first-order valence-corrected chi connectivity index (χ1v) is 12.5. The highest BCUT2D eigenvalue weighted by molar-refractivity contribution is 7.89. The molecule has 3 aromatic rings. The lowest BCUT2D eigenvalue weighted by atomic mass is 10.0. The number of amides is 2. The number of sulfonamides is 1. The van der Waals surface area contributed by atoms with Crippen LogP contribution >= 0.6 is 22.9 Å². The van der Waals surface area contributed by atoms with Crippen LogP contribution < -0.4 is 10.5 Å².